The Morgan fingerprint density at radius 1 is 1.53 bits per heavy atom. The molecule has 0 heterocycles. The molecule has 3 N–H and O–H groups in total. The quantitative estimate of drug-likeness (QED) is 0.696. The van der Waals surface area contributed by atoms with Crippen LogP contribution in [0.3, 0.4) is 0 Å². The van der Waals surface area contributed by atoms with Gasteiger partial charge in [0.05, 0.1) is 0 Å². The Morgan fingerprint density at radius 3 is 2.87 bits per heavy atom. The fourth-order valence-electron chi connectivity index (χ4n) is 2.29. The van der Waals surface area contributed by atoms with Crippen LogP contribution in [0.15, 0.2) is 0 Å². The monoisotopic (exact) mass is 210 g/mol. The van der Waals surface area contributed by atoms with Crippen LogP contribution in [-0.4, -0.2) is 18.0 Å². The second kappa shape index (κ2) is 4.52. The number of hydrogen-bond acceptors (Lipinski definition) is 2. The molecule has 86 valence electrons. The van der Waals surface area contributed by atoms with Crippen LogP contribution in [0.1, 0.15) is 45.4 Å². The van der Waals surface area contributed by atoms with Gasteiger partial charge in [-0.1, -0.05) is 13.3 Å². The molecule has 3 unspecified atom stereocenters. The van der Waals surface area contributed by atoms with Gasteiger partial charge in [0.15, 0.2) is 0 Å². The highest BCUT2D eigenvalue weighted by molar-refractivity contribution is 5.77. The number of nitrogens with one attached hydrogen (secondary N) is 1. The average Bonchev–Trinajstić information content (AvgIpc) is 2.99. The van der Waals surface area contributed by atoms with Gasteiger partial charge in [0.25, 0.3) is 0 Å². The molecule has 0 aromatic carbocycles. The maximum Gasteiger partial charge on any atom is 0.221 e. The highest BCUT2D eigenvalue weighted by Gasteiger charge is 2.38. The third-order valence-corrected chi connectivity index (χ3v) is 3.58. The van der Waals surface area contributed by atoms with Gasteiger partial charge in [0.2, 0.25) is 5.91 Å². The first kappa shape index (κ1) is 10.9. The lowest BCUT2D eigenvalue weighted by molar-refractivity contribution is -0.121. The van der Waals surface area contributed by atoms with Crippen molar-refractivity contribution in [2.45, 2.75) is 57.5 Å². The van der Waals surface area contributed by atoms with Crippen molar-refractivity contribution in [1.29, 1.82) is 0 Å². The molecule has 3 nitrogen and oxygen atoms in total. The molecule has 0 spiro atoms. The van der Waals surface area contributed by atoms with Gasteiger partial charge in [-0.2, -0.15) is 0 Å². The highest BCUT2D eigenvalue weighted by atomic mass is 16.1. The molecule has 15 heavy (non-hydrogen) atoms. The van der Waals surface area contributed by atoms with E-state index in [4.69, 9.17) is 5.73 Å². The van der Waals surface area contributed by atoms with E-state index in [-0.39, 0.29) is 11.9 Å². The summed E-state index contributed by atoms with van der Waals surface area (Å²) in [5.41, 5.74) is 5.91. The summed E-state index contributed by atoms with van der Waals surface area (Å²) in [5, 5.41) is 3.08. The van der Waals surface area contributed by atoms with Crippen molar-refractivity contribution in [3.63, 3.8) is 0 Å². The first-order valence-corrected chi connectivity index (χ1v) is 6.25. The maximum absolute atomic E-state index is 11.6. The minimum atomic E-state index is 0.105. The Bertz CT molecular complexity index is 238. The summed E-state index contributed by atoms with van der Waals surface area (Å²) in [6.45, 7) is 2.19. The summed E-state index contributed by atoms with van der Waals surface area (Å²) in [6, 6.07) is 0.567. The highest BCUT2D eigenvalue weighted by Crippen LogP contribution is 2.35. The molecular formula is C12H22N2O. The standard InChI is InChI=1S/C12H22N2O/c1-2-3-9-6-11(9)14-12(15)7-10(13)8-4-5-8/h8-11H,2-7,13H2,1H3,(H,14,15). The van der Waals surface area contributed by atoms with E-state index in [1.54, 1.807) is 0 Å². The van der Waals surface area contributed by atoms with Gasteiger partial charge < -0.3 is 11.1 Å². The molecule has 0 radical (unpaired) electrons. The summed E-state index contributed by atoms with van der Waals surface area (Å²) in [6.07, 6.45) is 6.61. The lowest BCUT2D eigenvalue weighted by Gasteiger charge is -2.10. The fraction of sp³-hybridized carbons (Fsp3) is 0.917. The van der Waals surface area contributed by atoms with E-state index in [0.29, 0.717) is 18.4 Å². The maximum atomic E-state index is 11.6. The zero-order chi connectivity index (χ0) is 10.8. The molecule has 2 aliphatic carbocycles. The normalized spacial score (nSPS) is 31.1. The Balaban J connectivity index is 1.61. The van der Waals surface area contributed by atoms with Crippen LogP contribution in [0.2, 0.25) is 0 Å². The topological polar surface area (TPSA) is 55.1 Å². The molecule has 2 saturated carbocycles. The van der Waals surface area contributed by atoms with Gasteiger partial charge in [-0.25, -0.2) is 0 Å². The third-order valence-electron chi connectivity index (χ3n) is 3.58. The first-order chi connectivity index (χ1) is 7.20. The van der Waals surface area contributed by atoms with Gasteiger partial charge in [-0.05, 0) is 37.5 Å². The van der Waals surface area contributed by atoms with Gasteiger partial charge in [-0.3, -0.25) is 4.79 Å². The summed E-state index contributed by atoms with van der Waals surface area (Å²) in [7, 11) is 0. The smallest absolute Gasteiger partial charge is 0.221 e. The average molecular weight is 210 g/mol. The van der Waals surface area contributed by atoms with Crippen LogP contribution >= 0.6 is 0 Å². The molecule has 2 rings (SSSR count). The molecule has 2 aliphatic rings. The molecule has 1 amide bonds. The van der Waals surface area contributed by atoms with Crippen LogP contribution in [0.5, 0.6) is 0 Å². The van der Waals surface area contributed by atoms with Crippen molar-refractivity contribution >= 4 is 5.91 Å². The predicted octanol–water partition coefficient (Wildman–Crippen LogP) is 1.42. The summed E-state index contributed by atoms with van der Waals surface area (Å²) in [4.78, 5) is 11.6. The van der Waals surface area contributed by atoms with Crippen LogP contribution in [0, 0.1) is 11.8 Å². The Labute approximate surface area is 91.8 Å². The zero-order valence-corrected chi connectivity index (χ0v) is 9.54. The molecule has 0 aromatic rings. The van der Waals surface area contributed by atoms with E-state index >= 15 is 0 Å². The summed E-state index contributed by atoms with van der Waals surface area (Å²) in [5.74, 6) is 1.54. The van der Waals surface area contributed by atoms with E-state index < -0.39 is 0 Å². The van der Waals surface area contributed by atoms with Crippen molar-refractivity contribution in [2.75, 3.05) is 0 Å². The largest absolute Gasteiger partial charge is 0.353 e. The fourth-order valence-corrected chi connectivity index (χ4v) is 2.29. The summed E-state index contributed by atoms with van der Waals surface area (Å²) < 4.78 is 0. The third kappa shape index (κ3) is 3.20. The second-order valence-corrected chi connectivity index (χ2v) is 5.16. The Kier molecular flexibility index (Phi) is 3.29. The minimum absolute atomic E-state index is 0.105. The zero-order valence-electron chi connectivity index (χ0n) is 9.54. The molecule has 0 aliphatic heterocycles. The van der Waals surface area contributed by atoms with Gasteiger partial charge >= 0.3 is 0 Å². The van der Waals surface area contributed by atoms with Gasteiger partial charge in [0.1, 0.15) is 0 Å². The molecule has 2 fully saturated rings. The predicted molar refractivity (Wildman–Crippen MR) is 60.3 cm³/mol. The van der Waals surface area contributed by atoms with E-state index in [9.17, 15) is 4.79 Å². The van der Waals surface area contributed by atoms with Gasteiger partial charge in [-0.15, -0.1) is 0 Å². The van der Waals surface area contributed by atoms with Crippen molar-refractivity contribution in [3.05, 3.63) is 0 Å². The SMILES string of the molecule is CCCC1CC1NC(=O)CC(N)C1CC1. The van der Waals surface area contributed by atoms with E-state index in [1.807, 2.05) is 0 Å². The van der Waals surface area contributed by atoms with Crippen LogP contribution < -0.4 is 11.1 Å². The van der Waals surface area contributed by atoms with Crippen molar-refractivity contribution in [3.8, 4) is 0 Å². The number of carbonyl (C=O) groups excluding carboxylic acids is 1. The molecule has 0 aromatic heterocycles. The second-order valence-electron chi connectivity index (χ2n) is 5.16. The van der Waals surface area contributed by atoms with Crippen LogP contribution in [-0.2, 0) is 4.79 Å². The molecule has 0 bridgehead atoms. The van der Waals surface area contributed by atoms with Crippen LogP contribution in [0.4, 0.5) is 0 Å². The number of rotatable bonds is 6. The van der Waals surface area contributed by atoms with E-state index in [0.717, 1.165) is 5.92 Å². The van der Waals surface area contributed by atoms with Crippen LogP contribution in [0.25, 0.3) is 0 Å². The minimum Gasteiger partial charge on any atom is -0.353 e. The molecule has 3 heteroatoms. The lowest BCUT2D eigenvalue weighted by atomic mass is 10.1. The number of nitrogens with two attached hydrogens (primary N) is 1. The number of carbonyl (C=O) groups is 1. The lowest BCUT2D eigenvalue weighted by Crippen LogP contribution is -2.34. The van der Waals surface area contributed by atoms with Crippen molar-refractivity contribution in [1.82, 2.24) is 5.32 Å². The Morgan fingerprint density at radius 2 is 2.27 bits per heavy atom. The molecular weight excluding hydrogens is 188 g/mol. The van der Waals surface area contributed by atoms with E-state index in [1.165, 1.54) is 32.1 Å². The molecule has 0 saturated heterocycles. The summed E-state index contributed by atoms with van der Waals surface area (Å²) >= 11 is 0. The van der Waals surface area contributed by atoms with Crippen molar-refractivity contribution < 1.29 is 4.79 Å². The first-order valence-electron chi connectivity index (χ1n) is 6.25. The molecule has 3 atom stereocenters. The number of amides is 1. The Hall–Kier alpha value is -0.570. The van der Waals surface area contributed by atoms with Crippen molar-refractivity contribution in [2.24, 2.45) is 17.6 Å². The van der Waals surface area contributed by atoms with E-state index in [2.05, 4.69) is 12.2 Å². The number of hydrogen-bond donors (Lipinski definition) is 2. The van der Waals surface area contributed by atoms with Gasteiger partial charge in [0, 0.05) is 18.5 Å².